The van der Waals surface area contributed by atoms with E-state index in [2.05, 4.69) is 0 Å². The molecule has 0 radical (unpaired) electrons. The first-order valence-electron chi connectivity index (χ1n) is 5.97. The standard InChI is InChI=1S/C13H18F3NO2/c1-9(17)12-10(18-2)5-3-6-11(12)19-8-4-7-13(14,15)16/h3,5-6,9H,4,7-8,17H2,1-2H3/t9-/m1/s1. The van der Waals surface area contributed by atoms with E-state index in [9.17, 15) is 13.2 Å². The number of alkyl halides is 3. The summed E-state index contributed by atoms with van der Waals surface area (Å²) in [5.41, 5.74) is 6.49. The molecule has 0 fully saturated rings. The second kappa shape index (κ2) is 6.65. The van der Waals surface area contributed by atoms with Gasteiger partial charge in [-0.1, -0.05) is 6.07 Å². The van der Waals surface area contributed by atoms with Crippen LogP contribution in [0.5, 0.6) is 11.5 Å². The van der Waals surface area contributed by atoms with E-state index in [0.29, 0.717) is 17.1 Å². The number of benzene rings is 1. The molecule has 0 heterocycles. The lowest BCUT2D eigenvalue weighted by molar-refractivity contribution is -0.136. The van der Waals surface area contributed by atoms with E-state index in [1.54, 1.807) is 25.1 Å². The summed E-state index contributed by atoms with van der Waals surface area (Å²) in [7, 11) is 1.51. The molecule has 0 aliphatic heterocycles. The molecule has 6 heteroatoms. The first kappa shape index (κ1) is 15.6. The zero-order chi connectivity index (χ0) is 14.5. The molecule has 108 valence electrons. The van der Waals surface area contributed by atoms with Gasteiger partial charge in [-0.2, -0.15) is 13.2 Å². The van der Waals surface area contributed by atoms with Crippen LogP contribution in [-0.2, 0) is 0 Å². The van der Waals surface area contributed by atoms with Gasteiger partial charge < -0.3 is 15.2 Å². The monoisotopic (exact) mass is 277 g/mol. The lowest BCUT2D eigenvalue weighted by Gasteiger charge is -2.17. The van der Waals surface area contributed by atoms with Gasteiger partial charge in [0.25, 0.3) is 0 Å². The fraction of sp³-hybridized carbons (Fsp3) is 0.538. The van der Waals surface area contributed by atoms with Crippen molar-refractivity contribution in [2.24, 2.45) is 5.73 Å². The van der Waals surface area contributed by atoms with Gasteiger partial charge in [-0.15, -0.1) is 0 Å². The molecule has 1 atom stereocenters. The van der Waals surface area contributed by atoms with Crippen LogP contribution < -0.4 is 15.2 Å². The first-order chi connectivity index (χ1) is 8.85. The molecule has 0 aromatic heterocycles. The van der Waals surface area contributed by atoms with Crippen molar-refractivity contribution in [3.8, 4) is 11.5 Å². The number of halogens is 3. The Kier molecular flexibility index (Phi) is 5.47. The van der Waals surface area contributed by atoms with E-state index in [4.69, 9.17) is 15.2 Å². The first-order valence-corrected chi connectivity index (χ1v) is 5.97. The molecule has 19 heavy (non-hydrogen) atoms. The zero-order valence-electron chi connectivity index (χ0n) is 11.0. The number of hydrogen-bond acceptors (Lipinski definition) is 3. The predicted molar refractivity (Wildman–Crippen MR) is 66.4 cm³/mol. The lowest BCUT2D eigenvalue weighted by Crippen LogP contribution is -2.12. The van der Waals surface area contributed by atoms with Crippen molar-refractivity contribution in [2.45, 2.75) is 32.0 Å². The summed E-state index contributed by atoms with van der Waals surface area (Å²) in [4.78, 5) is 0. The summed E-state index contributed by atoms with van der Waals surface area (Å²) in [6.45, 7) is 1.76. The van der Waals surface area contributed by atoms with E-state index < -0.39 is 12.6 Å². The van der Waals surface area contributed by atoms with Crippen LogP contribution in [0.1, 0.15) is 31.4 Å². The number of nitrogens with two attached hydrogens (primary N) is 1. The molecule has 0 saturated heterocycles. The highest BCUT2D eigenvalue weighted by atomic mass is 19.4. The van der Waals surface area contributed by atoms with Crippen molar-refractivity contribution in [3.63, 3.8) is 0 Å². The van der Waals surface area contributed by atoms with E-state index in [-0.39, 0.29) is 19.1 Å². The van der Waals surface area contributed by atoms with Crippen molar-refractivity contribution >= 4 is 0 Å². The van der Waals surface area contributed by atoms with Crippen LogP contribution in [0.2, 0.25) is 0 Å². The highest BCUT2D eigenvalue weighted by molar-refractivity contribution is 5.46. The number of methoxy groups -OCH3 is 1. The largest absolute Gasteiger partial charge is 0.496 e. The second-order valence-corrected chi connectivity index (χ2v) is 4.23. The number of rotatable bonds is 6. The minimum Gasteiger partial charge on any atom is -0.496 e. The average molecular weight is 277 g/mol. The fourth-order valence-corrected chi connectivity index (χ4v) is 1.73. The summed E-state index contributed by atoms with van der Waals surface area (Å²) < 4.78 is 46.6. The zero-order valence-corrected chi connectivity index (χ0v) is 11.0. The Morgan fingerprint density at radius 1 is 1.26 bits per heavy atom. The molecule has 1 aromatic rings. The molecule has 0 saturated carbocycles. The summed E-state index contributed by atoms with van der Waals surface area (Å²) in [6, 6.07) is 4.80. The molecule has 2 N–H and O–H groups in total. The normalized spacial score (nSPS) is 13.2. The second-order valence-electron chi connectivity index (χ2n) is 4.23. The minimum atomic E-state index is -4.15. The molecule has 0 unspecified atom stereocenters. The van der Waals surface area contributed by atoms with Crippen molar-refractivity contribution in [3.05, 3.63) is 23.8 Å². The molecule has 0 aliphatic carbocycles. The van der Waals surface area contributed by atoms with Crippen LogP contribution in [0.15, 0.2) is 18.2 Å². The van der Waals surface area contributed by atoms with E-state index >= 15 is 0 Å². The van der Waals surface area contributed by atoms with Crippen LogP contribution >= 0.6 is 0 Å². The highest BCUT2D eigenvalue weighted by Gasteiger charge is 2.26. The summed E-state index contributed by atoms with van der Waals surface area (Å²) >= 11 is 0. The molecule has 0 bridgehead atoms. The van der Waals surface area contributed by atoms with Gasteiger partial charge in [-0.3, -0.25) is 0 Å². The smallest absolute Gasteiger partial charge is 0.389 e. The third-order valence-corrected chi connectivity index (χ3v) is 2.56. The van der Waals surface area contributed by atoms with Gasteiger partial charge in [0.05, 0.1) is 19.3 Å². The quantitative estimate of drug-likeness (QED) is 0.810. The Labute approximate surface area is 110 Å². The predicted octanol–water partition coefficient (Wildman–Crippen LogP) is 3.44. The highest BCUT2D eigenvalue weighted by Crippen LogP contribution is 2.33. The Morgan fingerprint density at radius 2 is 1.89 bits per heavy atom. The Morgan fingerprint density at radius 3 is 2.42 bits per heavy atom. The Bertz CT molecular complexity index is 405. The summed E-state index contributed by atoms with van der Waals surface area (Å²) in [5, 5.41) is 0. The molecule has 3 nitrogen and oxygen atoms in total. The molecular weight excluding hydrogens is 259 g/mol. The maximum Gasteiger partial charge on any atom is 0.389 e. The van der Waals surface area contributed by atoms with Crippen LogP contribution in [0.25, 0.3) is 0 Å². The Balaban J connectivity index is 2.68. The minimum absolute atomic E-state index is 0.00754. The van der Waals surface area contributed by atoms with Crippen molar-refractivity contribution in [2.75, 3.05) is 13.7 Å². The van der Waals surface area contributed by atoms with Crippen LogP contribution in [0.3, 0.4) is 0 Å². The molecule has 1 aromatic carbocycles. The van der Waals surface area contributed by atoms with Gasteiger partial charge in [0.15, 0.2) is 0 Å². The van der Waals surface area contributed by atoms with Crippen LogP contribution in [-0.4, -0.2) is 19.9 Å². The summed E-state index contributed by atoms with van der Waals surface area (Å²) in [5.74, 6) is 1.04. The average Bonchev–Trinajstić information content (AvgIpc) is 2.32. The van der Waals surface area contributed by atoms with Crippen LogP contribution in [0.4, 0.5) is 13.2 Å². The van der Waals surface area contributed by atoms with Gasteiger partial charge in [-0.25, -0.2) is 0 Å². The third-order valence-electron chi connectivity index (χ3n) is 2.56. The third kappa shape index (κ3) is 4.98. The van der Waals surface area contributed by atoms with E-state index in [1.807, 2.05) is 0 Å². The Hall–Kier alpha value is -1.43. The van der Waals surface area contributed by atoms with Crippen molar-refractivity contribution in [1.29, 1.82) is 0 Å². The van der Waals surface area contributed by atoms with E-state index in [1.165, 1.54) is 7.11 Å². The summed E-state index contributed by atoms with van der Waals surface area (Å²) in [6.07, 6.45) is -5.09. The molecular formula is C13H18F3NO2. The number of ether oxygens (including phenoxy) is 2. The van der Waals surface area contributed by atoms with Crippen molar-refractivity contribution < 1.29 is 22.6 Å². The molecule has 0 spiro atoms. The van der Waals surface area contributed by atoms with Gasteiger partial charge >= 0.3 is 6.18 Å². The van der Waals surface area contributed by atoms with Gasteiger partial charge in [-0.05, 0) is 25.5 Å². The topological polar surface area (TPSA) is 44.5 Å². The maximum absolute atomic E-state index is 12.0. The molecule has 0 aliphatic rings. The molecule has 1 rings (SSSR count). The lowest BCUT2D eigenvalue weighted by atomic mass is 10.1. The van der Waals surface area contributed by atoms with Gasteiger partial charge in [0, 0.05) is 12.5 Å². The molecule has 0 amide bonds. The fourth-order valence-electron chi connectivity index (χ4n) is 1.73. The van der Waals surface area contributed by atoms with E-state index in [0.717, 1.165) is 0 Å². The maximum atomic E-state index is 12.0. The number of hydrogen-bond donors (Lipinski definition) is 1. The SMILES string of the molecule is COc1cccc(OCCCC(F)(F)F)c1[C@@H](C)N. The van der Waals surface area contributed by atoms with Crippen LogP contribution in [0, 0.1) is 0 Å². The van der Waals surface area contributed by atoms with Crippen molar-refractivity contribution in [1.82, 2.24) is 0 Å². The van der Waals surface area contributed by atoms with Gasteiger partial charge in [0.1, 0.15) is 11.5 Å². The van der Waals surface area contributed by atoms with Gasteiger partial charge in [0.2, 0.25) is 0 Å².